The van der Waals surface area contributed by atoms with Gasteiger partial charge in [-0.2, -0.15) is 0 Å². The summed E-state index contributed by atoms with van der Waals surface area (Å²) in [4.78, 5) is 21.2. The molecule has 2 aromatic carbocycles. The molecule has 1 N–H and O–H groups in total. The van der Waals surface area contributed by atoms with Crippen LogP contribution in [0.4, 0.5) is 0 Å². The first-order chi connectivity index (χ1) is 19.7. The van der Waals surface area contributed by atoms with Gasteiger partial charge in [-0.1, -0.05) is 62.2 Å². The lowest BCUT2D eigenvalue weighted by atomic mass is 9.90. The SMILES string of the molecule is CCCCCN1CCN(Cc2ccc(CN(Cc3nc4ccccc4[nH]3)C3CCCc4cccnc43)cc2)CC1. The minimum atomic E-state index is 0.298. The van der Waals surface area contributed by atoms with Gasteiger partial charge in [0.05, 0.1) is 29.3 Å². The van der Waals surface area contributed by atoms with Crippen LogP contribution < -0.4 is 0 Å². The van der Waals surface area contributed by atoms with Gasteiger partial charge in [0.1, 0.15) is 5.82 Å². The first-order valence-electron chi connectivity index (χ1n) is 15.4. The highest BCUT2D eigenvalue weighted by molar-refractivity contribution is 5.74. The average Bonchev–Trinajstić information content (AvgIpc) is 3.41. The molecule has 2 aliphatic rings. The smallest absolute Gasteiger partial charge is 0.121 e. The molecule has 3 heterocycles. The maximum absolute atomic E-state index is 4.92. The third kappa shape index (κ3) is 6.63. The number of aromatic nitrogens is 3. The fourth-order valence-corrected chi connectivity index (χ4v) is 6.49. The number of aromatic amines is 1. The lowest BCUT2D eigenvalue weighted by molar-refractivity contribution is 0.125. The second-order valence-electron chi connectivity index (χ2n) is 11.7. The Labute approximate surface area is 239 Å². The highest BCUT2D eigenvalue weighted by atomic mass is 15.3. The van der Waals surface area contributed by atoms with Crippen LogP contribution in [0.3, 0.4) is 0 Å². The fraction of sp³-hybridized carbons (Fsp3) is 0.471. The molecule has 40 heavy (non-hydrogen) atoms. The van der Waals surface area contributed by atoms with Crippen LogP contribution in [0.15, 0.2) is 66.9 Å². The van der Waals surface area contributed by atoms with Crippen molar-refractivity contribution < 1.29 is 0 Å². The molecule has 0 spiro atoms. The molecule has 4 aromatic rings. The van der Waals surface area contributed by atoms with E-state index in [2.05, 4.69) is 87.3 Å². The highest BCUT2D eigenvalue weighted by Crippen LogP contribution is 2.34. The number of hydrogen-bond acceptors (Lipinski definition) is 5. The zero-order chi connectivity index (χ0) is 27.1. The maximum Gasteiger partial charge on any atom is 0.121 e. The minimum absolute atomic E-state index is 0.298. The Morgan fingerprint density at radius 1 is 0.875 bits per heavy atom. The molecule has 1 aliphatic heterocycles. The van der Waals surface area contributed by atoms with Gasteiger partial charge in [-0.3, -0.25) is 14.8 Å². The highest BCUT2D eigenvalue weighted by Gasteiger charge is 2.28. The van der Waals surface area contributed by atoms with Gasteiger partial charge in [-0.05, 0) is 67.1 Å². The van der Waals surface area contributed by atoms with Crippen LogP contribution in [0.2, 0.25) is 0 Å². The van der Waals surface area contributed by atoms with Crippen LogP contribution in [-0.2, 0) is 26.1 Å². The number of pyridine rings is 1. The lowest BCUT2D eigenvalue weighted by Crippen LogP contribution is -2.46. The Morgan fingerprint density at radius 2 is 1.68 bits per heavy atom. The van der Waals surface area contributed by atoms with Crippen LogP contribution in [0, 0.1) is 0 Å². The van der Waals surface area contributed by atoms with Gasteiger partial charge in [0, 0.05) is 45.5 Å². The first kappa shape index (κ1) is 27.1. The summed E-state index contributed by atoms with van der Waals surface area (Å²) in [6, 6.07) is 22.3. The van der Waals surface area contributed by atoms with E-state index in [4.69, 9.17) is 9.97 Å². The summed E-state index contributed by atoms with van der Waals surface area (Å²) in [6.07, 6.45) is 9.41. The van der Waals surface area contributed by atoms with Crippen molar-refractivity contribution in [2.45, 2.75) is 71.1 Å². The molecule has 1 unspecified atom stereocenters. The Bertz CT molecular complexity index is 1320. The average molecular weight is 537 g/mol. The van der Waals surface area contributed by atoms with Crippen LogP contribution in [0.1, 0.15) is 73.3 Å². The zero-order valence-electron chi connectivity index (χ0n) is 24.1. The number of H-pyrrole nitrogens is 1. The Morgan fingerprint density at radius 3 is 2.50 bits per heavy atom. The number of rotatable bonds is 11. The van der Waals surface area contributed by atoms with Gasteiger partial charge in [-0.25, -0.2) is 4.98 Å². The third-order valence-electron chi connectivity index (χ3n) is 8.76. The number of benzene rings is 2. The summed E-state index contributed by atoms with van der Waals surface area (Å²) < 4.78 is 0. The normalized spacial score (nSPS) is 18.4. The first-order valence-corrected chi connectivity index (χ1v) is 15.4. The van der Waals surface area contributed by atoms with E-state index in [0.717, 1.165) is 49.3 Å². The number of nitrogens with zero attached hydrogens (tertiary/aromatic N) is 5. The molecule has 1 atom stereocenters. The van der Waals surface area contributed by atoms with E-state index >= 15 is 0 Å². The number of piperazine rings is 1. The van der Waals surface area contributed by atoms with Crippen molar-refractivity contribution in [3.05, 3.63) is 95.1 Å². The molecule has 6 heteroatoms. The molecule has 6 nitrogen and oxygen atoms in total. The van der Waals surface area contributed by atoms with Crippen molar-refractivity contribution in [3.63, 3.8) is 0 Å². The van der Waals surface area contributed by atoms with E-state index in [1.807, 2.05) is 6.20 Å². The number of hydrogen-bond donors (Lipinski definition) is 1. The molecule has 1 fully saturated rings. The van der Waals surface area contributed by atoms with Gasteiger partial charge < -0.3 is 9.88 Å². The van der Waals surface area contributed by atoms with Crippen LogP contribution in [-0.4, -0.2) is 62.4 Å². The zero-order valence-corrected chi connectivity index (χ0v) is 24.1. The van der Waals surface area contributed by atoms with Gasteiger partial charge in [0.2, 0.25) is 0 Å². The summed E-state index contributed by atoms with van der Waals surface area (Å²) in [5.74, 6) is 1.02. The molecule has 210 valence electrons. The molecule has 6 rings (SSSR count). The van der Waals surface area contributed by atoms with E-state index in [1.165, 1.54) is 80.8 Å². The molecule has 1 aliphatic carbocycles. The molecule has 1 saturated heterocycles. The van der Waals surface area contributed by atoms with Crippen LogP contribution in [0.5, 0.6) is 0 Å². The van der Waals surface area contributed by atoms with Crippen molar-refractivity contribution in [1.82, 2.24) is 29.7 Å². The van der Waals surface area contributed by atoms with Gasteiger partial charge >= 0.3 is 0 Å². The summed E-state index contributed by atoms with van der Waals surface area (Å²) in [6.45, 7) is 11.0. The molecule has 0 bridgehead atoms. The summed E-state index contributed by atoms with van der Waals surface area (Å²) in [5.41, 5.74) is 7.54. The van der Waals surface area contributed by atoms with E-state index in [0.29, 0.717) is 6.04 Å². The monoisotopic (exact) mass is 536 g/mol. The molecular formula is C34H44N6. The van der Waals surface area contributed by atoms with Crippen molar-refractivity contribution in [1.29, 1.82) is 0 Å². The molecule has 0 saturated carbocycles. The number of fused-ring (bicyclic) bond motifs is 2. The maximum atomic E-state index is 4.92. The van der Waals surface area contributed by atoms with Gasteiger partial charge in [0.25, 0.3) is 0 Å². The van der Waals surface area contributed by atoms with Gasteiger partial charge in [0.15, 0.2) is 0 Å². The van der Waals surface area contributed by atoms with E-state index in [9.17, 15) is 0 Å². The second-order valence-corrected chi connectivity index (χ2v) is 11.7. The number of unbranched alkanes of at least 4 members (excludes halogenated alkanes) is 2. The van der Waals surface area contributed by atoms with Crippen molar-refractivity contribution in [2.24, 2.45) is 0 Å². The van der Waals surface area contributed by atoms with E-state index in [1.54, 1.807) is 0 Å². The van der Waals surface area contributed by atoms with Gasteiger partial charge in [-0.15, -0.1) is 0 Å². The molecule has 0 radical (unpaired) electrons. The Balaban J connectivity index is 1.13. The fourth-order valence-electron chi connectivity index (χ4n) is 6.49. The lowest BCUT2D eigenvalue weighted by Gasteiger charge is -2.35. The summed E-state index contributed by atoms with van der Waals surface area (Å²) >= 11 is 0. The Hall–Kier alpha value is -3.06. The van der Waals surface area contributed by atoms with Crippen LogP contribution in [0.25, 0.3) is 11.0 Å². The minimum Gasteiger partial charge on any atom is -0.341 e. The topological polar surface area (TPSA) is 51.3 Å². The summed E-state index contributed by atoms with van der Waals surface area (Å²) in [7, 11) is 0. The Kier molecular flexibility index (Phi) is 8.86. The molecule has 2 aromatic heterocycles. The van der Waals surface area contributed by atoms with Crippen LogP contribution >= 0.6 is 0 Å². The predicted octanol–water partition coefficient (Wildman–Crippen LogP) is 6.35. The second kappa shape index (κ2) is 13.1. The molecule has 0 amide bonds. The number of imidazole rings is 1. The van der Waals surface area contributed by atoms with Crippen molar-refractivity contribution >= 4 is 11.0 Å². The standard InChI is InChI=1S/C34H44N6/c1-2-3-6-19-38-20-22-39(23-21-38)24-27-14-16-28(17-15-27)25-40(26-33-36-30-11-4-5-12-31(30)37-33)32-13-7-9-29-10-8-18-35-34(29)32/h4-5,8,10-12,14-18,32H,2-3,6-7,9,13,19-26H2,1H3,(H,36,37). The van der Waals surface area contributed by atoms with E-state index < -0.39 is 0 Å². The summed E-state index contributed by atoms with van der Waals surface area (Å²) in [5, 5.41) is 0. The van der Waals surface area contributed by atoms with E-state index in [-0.39, 0.29) is 0 Å². The number of para-hydroxylation sites is 2. The predicted molar refractivity (Wildman–Crippen MR) is 163 cm³/mol. The quantitative estimate of drug-likeness (QED) is 0.227. The van der Waals surface area contributed by atoms with Crippen molar-refractivity contribution in [3.8, 4) is 0 Å². The third-order valence-corrected chi connectivity index (χ3v) is 8.76. The largest absolute Gasteiger partial charge is 0.341 e. The molecular weight excluding hydrogens is 492 g/mol. The number of aryl methyl sites for hydroxylation is 1. The number of nitrogens with one attached hydrogen (secondary N) is 1. The van der Waals surface area contributed by atoms with Crippen molar-refractivity contribution in [2.75, 3.05) is 32.7 Å².